The van der Waals surface area contributed by atoms with Gasteiger partial charge in [0.05, 0.1) is 4.92 Å². The van der Waals surface area contributed by atoms with E-state index in [1.807, 2.05) is 0 Å². The molecule has 0 bridgehead atoms. The molecule has 1 aliphatic heterocycles. The number of nitro groups is 1. The lowest BCUT2D eigenvalue weighted by Gasteiger charge is -2.46. The Morgan fingerprint density at radius 2 is 1.28 bits per heavy atom. The van der Waals surface area contributed by atoms with E-state index in [0.29, 0.717) is 19.3 Å². The van der Waals surface area contributed by atoms with Gasteiger partial charge in [0.1, 0.15) is 0 Å². The van der Waals surface area contributed by atoms with E-state index in [1.165, 1.54) is 12.1 Å². The van der Waals surface area contributed by atoms with Crippen molar-refractivity contribution >= 4 is 22.9 Å². The van der Waals surface area contributed by atoms with Gasteiger partial charge in [-0.15, -0.1) is 0 Å². The fourth-order valence-corrected chi connectivity index (χ4v) is 4.85. The molecule has 152 valence electrons. The van der Waals surface area contributed by atoms with E-state index >= 15 is 0 Å². The molecule has 0 unspecified atom stereocenters. The molecule has 0 saturated carbocycles. The molecule has 1 aromatic carbocycles. The van der Waals surface area contributed by atoms with Crippen molar-refractivity contribution in [2.75, 3.05) is 4.90 Å². The van der Waals surface area contributed by atoms with Gasteiger partial charge in [-0.25, -0.2) is 0 Å². The number of carbonyl (C=O) groups is 2. The van der Waals surface area contributed by atoms with E-state index < -0.39 is 4.92 Å². The molecule has 3 aliphatic rings. The molecular formula is C23H26N2O4. The van der Waals surface area contributed by atoms with Gasteiger partial charge in [0.25, 0.3) is 5.69 Å². The second-order valence-electron chi connectivity index (χ2n) is 10.0. The first-order valence-corrected chi connectivity index (χ1v) is 10.0. The van der Waals surface area contributed by atoms with Crippen LogP contribution in [0.5, 0.6) is 0 Å². The van der Waals surface area contributed by atoms with Gasteiger partial charge in [-0.3, -0.25) is 19.7 Å². The molecule has 0 saturated heterocycles. The van der Waals surface area contributed by atoms with Gasteiger partial charge < -0.3 is 4.90 Å². The van der Waals surface area contributed by atoms with Crippen LogP contribution in [-0.4, -0.2) is 16.5 Å². The van der Waals surface area contributed by atoms with Crippen molar-refractivity contribution in [3.05, 3.63) is 56.9 Å². The number of anilines is 1. The van der Waals surface area contributed by atoms with Crippen molar-refractivity contribution in [2.45, 2.75) is 59.8 Å². The molecule has 6 nitrogen and oxygen atoms in total. The fraction of sp³-hybridized carbons (Fsp3) is 0.478. The highest BCUT2D eigenvalue weighted by atomic mass is 16.6. The second kappa shape index (κ2) is 6.37. The predicted octanol–water partition coefficient (Wildman–Crippen LogP) is 5.09. The molecule has 0 fully saturated rings. The van der Waals surface area contributed by atoms with Crippen molar-refractivity contribution in [3.63, 3.8) is 0 Å². The lowest BCUT2D eigenvalue weighted by Crippen LogP contribution is -2.41. The topological polar surface area (TPSA) is 80.5 Å². The molecule has 2 aliphatic carbocycles. The summed E-state index contributed by atoms with van der Waals surface area (Å²) in [4.78, 5) is 38.6. The van der Waals surface area contributed by atoms with Crippen molar-refractivity contribution in [2.24, 2.45) is 10.8 Å². The average molecular weight is 394 g/mol. The third-order valence-electron chi connectivity index (χ3n) is 6.15. The molecule has 0 radical (unpaired) electrons. The van der Waals surface area contributed by atoms with Gasteiger partial charge >= 0.3 is 0 Å². The number of non-ortho nitro benzene ring substituents is 1. The molecular weight excluding hydrogens is 368 g/mol. The van der Waals surface area contributed by atoms with Crippen LogP contribution in [0.2, 0.25) is 0 Å². The smallest absolute Gasteiger partial charge is 0.269 e. The van der Waals surface area contributed by atoms with Gasteiger partial charge in [0, 0.05) is 59.6 Å². The van der Waals surface area contributed by atoms with Crippen LogP contribution >= 0.6 is 0 Å². The number of hydrogen-bond donors (Lipinski definition) is 0. The first-order valence-electron chi connectivity index (χ1n) is 10.0. The summed E-state index contributed by atoms with van der Waals surface area (Å²) in [7, 11) is 0. The van der Waals surface area contributed by atoms with Crippen LogP contribution < -0.4 is 4.90 Å². The molecule has 1 aromatic rings. The van der Waals surface area contributed by atoms with E-state index in [9.17, 15) is 19.7 Å². The van der Waals surface area contributed by atoms with Crippen LogP contribution in [0.3, 0.4) is 0 Å². The summed E-state index contributed by atoms with van der Waals surface area (Å²) in [5.74, 6) is 0.208. The summed E-state index contributed by atoms with van der Waals surface area (Å²) in [6.07, 6.45) is 2.83. The zero-order valence-electron chi connectivity index (χ0n) is 17.4. The number of hydrogen-bond acceptors (Lipinski definition) is 5. The van der Waals surface area contributed by atoms with Crippen molar-refractivity contribution < 1.29 is 14.5 Å². The number of carbonyl (C=O) groups excluding carboxylic acids is 2. The number of allylic oxidation sites excluding steroid dienone is 4. The van der Waals surface area contributed by atoms with Crippen LogP contribution in [0.25, 0.3) is 0 Å². The average Bonchev–Trinajstić information content (AvgIpc) is 2.59. The van der Waals surface area contributed by atoms with Gasteiger partial charge in [-0.05, 0) is 35.8 Å². The Labute approximate surface area is 170 Å². The van der Waals surface area contributed by atoms with Crippen LogP contribution in [0.15, 0.2) is 46.8 Å². The maximum atomic E-state index is 13.0. The van der Waals surface area contributed by atoms with Gasteiger partial charge in [-0.1, -0.05) is 27.7 Å². The highest BCUT2D eigenvalue weighted by molar-refractivity contribution is 6.05. The molecule has 0 amide bonds. The molecule has 0 N–H and O–H groups in total. The highest BCUT2D eigenvalue weighted by Gasteiger charge is 2.44. The summed E-state index contributed by atoms with van der Waals surface area (Å²) in [6, 6.07) is 6.40. The van der Waals surface area contributed by atoms with Crippen molar-refractivity contribution in [3.8, 4) is 0 Å². The Hall–Kier alpha value is -2.76. The molecule has 1 heterocycles. The quantitative estimate of drug-likeness (QED) is 0.515. The van der Waals surface area contributed by atoms with E-state index in [4.69, 9.17) is 0 Å². The Balaban J connectivity index is 1.89. The third kappa shape index (κ3) is 3.41. The van der Waals surface area contributed by atoms with Crippen LogP contribution in [0.4, 0.5) is 11.4 Å². The minimum Gasteiger partial charge on any atom is -0.317 e. The maximum Gasteiger partial charge on any atom is 0.269 e. The molecule has 0 atom stereocenters. The van der Waals surface area contributed by atoms with Gasteiger partial charge in [0.15, 0.2) is 11.6 Å². The van der Waals surface area contributed by atoms with Gasteiger partial charge in [0.2, 0.25) is 0 Å². The summed E-state index contributed by atoms with van der Waals surface area (Å²) in [5.41, 5.74) is 3.82. The number of ketones is 2. The van der Waals surface area contributed by atoms with Crippen molar-refractivity contribution in [1.82, 2.24) is 0 Å². The number of benzene rings is 1. The minimum absolute atomic E-state index is 0.0225. The first-order chi connectivity index (χ1) is 13.5. The van der Waals surface area contributed by atoms with E-state index in [2.05, 4.69) is 32.6 Å². The summed E-state index contributed by atoms with van der Waals surface area (Å²) < 4.78 is 0. The maximum absolute atomic E-state index is 13.0. The molecule has 4 rings (SSSR count). The zero-order valence-corrected chi connectivity index (χ0v) is 17.4. The van der Waals surface area contributed by atoms with E-state index in [1.54, 1.807) is 12.1 Å². The molecule has 0 aromatic heterocycles. The Morgan fingerprint density at radius 1 is 0.828 bits per heavy atom. The second-order valence-corrected chi connectivity index (χ2v) is 10.0. The number of Topliss-reactive ketones (excluding diaryl/α,β-unsaturated/α-hetero) is 2. The Bertz CT molecular complexity index is 944. The normalized spacial score (nSPS) is 23.1. The van der Waals surface area contributed by atoms with Gasteiger partial charge in [-0.2, -0.15) is 0 Å². The largest absolute Gasteiger partial charge is 0.317 e. The molecule has 29 heavy (non-hydrogen) atoms. The van der Waals surface area contributed by atoms with E-state index in [-0.39, 0.29) is 28.1 Å². The number of rotatable bonds is 2. The number of nitrogens with zero attached hydrogens (tertiary/aromatic N) is 2. The molecule has 0 spiro atoms. The van der Waals surface area contributed by atoms with Crippen LogP contribution in [0.1, 0.15) is 59.8 Å². The van der Waals surface area contributed by atoms with Crippen LogP contribution in [-0.2, 0) is 9.59 Å². The standard InChI is InChI=1S/C23H26N2O4/c1-22(2)10-18-16(20(26)12-22)9-17-19(11-23(3,4)13-21(17)27)24(18)14-5-7-15(8-6-14)25(28)29/h5-8H,9-13H2,1-4H3. The third-order valence-corrected chi connectivity index (χ3v) is 6.15. The fourth-order valence-electron chi connectivity index (χ4n) is 4.85. The van der Waals surface area contributed by atoms with Crippen molar-refractivity contribution in [1.29, 1.82) is 0 Å². The Kier molecular flexibility index (Phi) is 4.30. The minimum atomic E-state index is -0.421. The predicted molar refractivity (Wildman–Crippen MR) is 110 cm³/mol. The monoisotopic (exact) mass is 394 g/mol. The zero-order chi connectivity index (χ0) is 21.1. The number of nitro benzene ring substituents is 1. The summed E-state index contributed by atoms with van der Waals surface area (Å²) in [6.45, 7) is 8.34. The SMILES string of the molecule is CC1(C)CC(=O)C2=C(C1)N(c1ccc([N+](=O)[O-])cc1)C1=C(C2)C(=O)CC(C)(C)C1. The first kappa shape index (κ1) is 19.6. The lowest BCUT2D eigenvalue weighted by atomic mass is 9.68. The summed E-state index contributed by atoms with van der Waals surface area (Å²) >= 11 is 0. The lowest BCUT2D eigenvalue weighted by molar-refractivity contribution is -0.384. The summed E-state index contributed by atoms with van der Waals surface area (Å²) in [5, 5.41) is 11.1. The van der Waals surface area contributed by atoms with E-state index in [0.717, 1.165) is 41.1 Å². The van der Waals surface area contributed by atoms with Crippen LogP contribution in [0, 0.1) is 20.9 Å². The molecule has 6 heteroatoms. The Morgan fingerprint density at radius 3 is 1.69 bits per heavy atom. The highest BCUT2D eigenvalue weighted by Crippen LogP contribution is 2.50.